The summed E-state index contributed by atoms with van der Waals surface area (Å²) in [6, 6.07) is 23.6. The van der Waals surface area contributed by atoms with Crippen molar-refractivity contribution in [2.45, 2.75) is 12.5 Å². The molecule has 126 valence electrons. The van der Waals surface area contributed by atoms with E-state index in [-0.39, 0.29) is 11.7 Å². The topological polar surface area (TPSA) is 51.8 Å². The highest BCUT2D eigenvalue weighted by Crippen LogP contribution is 2.30. The van der Waals surface area contributed by atoms with Crippen molar-refractivity contribution in [3.63, 3.8) is 0 Å². The molecule has 1 atom stereocenters. The highest BCUT2D eigenvalue weighted by Gasteiger charge is 2.26. The van der Waals surface area contributed by atoms with E-state index in [0.29, 0.717) is 23.3 Å². The van der Waals surface area contributed by atoms with Crippen molar-refractivity contribution in [2.75, 3.05) is 0 Å². The Bertz CT molecular complexity index is 1210. The molecular formula is C22H15NO3. The zero-order valence-electron chi connectivity index (χ0n) is 13.9. The first-order valence-corrected chi connectivity index (χ1v) is 8.53. The average molecular weight is 341 g/mol. The van der Waals surface area contributed by atoms with Crippen molar-refractivity contribution in [1.82, 2.24) is 0 Å². The Morgan fingerprint density at radius 1 is 0.885 bits per heavy atom. The maximum absolute atomic E-state index is 12.5. The van der Waals surface area contributed by atoms with Gasteiger partial charge >= 0.3 is 5.63 Å². The molecule has 0 aliphatic carbocycles. The minimum absolute atomic E-state index is 0.172. The van der Waals surface area contributed by atoms with E-state index in [9.17, 15) is 4.79 Å². The third-order valence-electron chi connectivity index (χ3n) is 4.79. The van der Waals surface area contributed by atoms with Gasteiger partial charge in [-0.25, -0.2) is 4.79 Å². The van der Waals surface area contributed by atoms with Crippen LogP contribution in [0.15, 0.2) is 87.2 Å². The van der Waals surface area contributed by atoms with Crippen LogP contribution in [0.1, 0.15) is 23.7 Å². The lowest BCUT2D eigenvalue weighted by Crippen LogP contribution is -2.14. The maximum atomic E-state index is 12.5. The van der Waals surface area contributed by atoms with E-state index in [2.05, 4.69) is 5.16 Å². The molecule has 5 rings (SSSR count). The van der Waals surface area contributed by atoms with Crippen molar-refractivity contribution in [3.05, 3.63) is 94.3 Å². The minimum atomic E-state index is -0.385. The fourth-order valence-corrected chi connectivity index (χ4v) is 3.46. The van der Waals surface area contributed by atoms with Crippen LogP contribution >= 0.6 is 0 Å². The molecule has 0 radical (unpaired) electrons. The second-order valence-electron chi connectivity index (χ2n) is 6.39. The second-order valence-corrected chi connectivity index (χ2v) is 6.39. The van der Waals surface area contributed by atoms with Gasteiger partial charge < -0.3 is 9.25 Å². The molecule has 1 aliphatic heterocycles. The SMILES string of the molecule is O=c1oc2ccc3ccccc3c2cc1C1=NOC(c2ccccc2)C1. The fraction of sp³-hybridized carbons (Fsp3) is 0.0909. The Kier molecular flexibility index (Phi) is 3.35. The normalized spacial score (nSPS) is 16.6. The van der Waals surface area contributed by atoms with Gasteiger partial charge in [-0.15, -0.1) is 0 Å². The third-order valence-corrected chi connectivity index (χ3v) is 4.79. The van der Waals surface area contributed by atoms with Crippen LogP contribution in [0.5, 0.6) is 0 Å². The molecule has 0 spiro atoms. The van der Waals surface area contributed by atoms with E-state index in [0.717, 1.165) is 21.7 Å². The predicted molar refractivity (Wildman–Crippen MR) is 101 cm³/mol. The van der Waals surface area contributed by atoms with E-state index in [1.54, 1.807) is 0 Å². The molecule has 26 heavy (non-hydrogen) atoms. The molecule has 0 saturated carbocycles. The average Bonchev–Trinajstić information content (AvgIpc) is 3.18. The van der Waals surface area contributed by atoms with E-state index >= 15 is 0 Å². The van der Waals surface area contributed by atoms with Gasteiger partial charge in [-0.1, -0.05) is 65.8 Å². The second kappa shape index (κ2) is 5.85. The number of hydrogen-bond donors (Lipinski definition) is 0. The van der Waals surface area contributed by atoms with Crippen LogP contribution in [0, 0.1) is 0 Å². The van der Waals surface area contributed by atoms with Gasteiger partial charge in [0.05, 0.1) is 11.3 Å². The van der Waals surface area contributed by atoms with Gasteiger partial charge in [-0.3, -0.25) is 0 Å². The van der Waals surface area contributed by atoms with Gasteiger partial charge in [0.2, 0.25) is 0 Å². The van der Waals surface area contributed by atoms with Crippen LogP contribution < -0.4 is 5.63 Å². The molecule has 0 amide bonds. The van der Waals surface area contributed by atoms with E-state index in [1.807, 2.05) is 72.8 Å². The van der Waals surface area contributed by atoms with Crippen LogP contribution in [-0.2, 0) is 4.84 Å². The van der Waals surface area contributed by atoms with Crippen molar-refractivity contribution >= 4 is 27.5 Å². The van der Waals surface area contributed by atoms with Gasteiger partial charge in [0.1, 0.15) is 5.58 Å². The largest absolute Gasteiger partial charge is 0.422 e. The number of oxime groups is 1. The number of fused-ring (bicyclic) bond motifs is 3. The first-order valence-electron chi connectivity index (χ1n) is 8.53. The summed E-state index contributed by atoms with van der Waals surface area (Å²) in [6.07, 6.45) is 0.374. The fourth-order valence-electron chi connectivity index (χ4n) is 3.46. The van der Waals surface area contributed by atoms with E-state index in [4.69, 9.17) is 9.25 Å². The number of benzene rings is 3. The molecule has 3 aromatic carbocycles. The summed E-state index contributed by atoms with van der Waals surface area (Å²) in [5, 5.41) is 7.23. The number of hydrogen-bond acceptors (Lipinski definition) is 4. The molecule has 2 heterocycles. The zero-order valence-corrected chi connectivity index (χ0v) is 13.9. The van der Waals surface area contributed by atoms with Gasteiger partial charge in [0.25, 0.3) is 0 Å². The van der Waals surface area contributed by atoms with E-state index < -0.39 is 0 Å². The van der Waals surface area contributed by atoms with Crippen LogP contribution in [0.25, 0.3) is 21.7 Å². The zero-order chi connectivity index (χ0) is 17.5. The molecule has 4 aromatic rings. The maximum Gasteiger partial charge on any atom is 0.345 e. The Balaban J connectivity index is 1.60. The van der Waals surface area contributed by atoms with Gasteiger partial charge in [0, 0.05) is 11.8 Å². The summed E-state index contributed by atoms with van der Waals surface area (Å²) in [7, 11) is 0. The summed E-state index contributed by atoms with van der Waals surface area (Å²) in [4.78, 5) is 18.1. The van der Waals surface area contributed by atoms with Crippen molar-refractivity contribution in [1.29, 1.82) is 0 Å². The molecule has 1 aromatic heterocycles. The van der Waals surface area contributed by atoms with Crippen LogP contribution in [0.2, 0.25) is 0 Å². The lowest BCUT2D eigenvalue weighted by Gasteiger charge is -2.07. The van der Waals surface area contributed by atoms with Crippen molar-refractivity contribution < 1.29 is 9.25 Å². The smallest absolute Gasteiger partial charge is 0.345 e. The van der Waals surface area contributed by atoms with Crippen LogP contribution in [-0.4, -0.2) is 5.71 Å². The summed E-state index contributed by atoms with van der Waals surface area (Å²) < 4.78 is 5.56. The van der Waals surface area contributed by atoms with E-state index in [1.165, 1.54) is 0 Å². The van der Waals surface area contributed by atoms with Crippen molar-refractivity contribution in [2.24, 2.45) is 5.16 Å². The standard InChI is InChI=1S/C22H15NO3/c24-22-18(19-13-21(26-23-19)15-7-2-1-3-8-15)12-17-16-9-5-4-6-14(16)10-11-20(17)25-22/h1-12,21H,13H2. The lowest BCUT2D eigenvalue weighted by atomic mass is 9.99. The summed E-state index contributed by atoms with van der Waals surface area (Å²) in [5.41, 5.74) is 2.33. The lowest BCUT2D eigenvalue weighted by molar-refractivity contribution is 0.0857. The third kappa shape index (κ3) is 2.39. The van der Waals surface area contributed by atoms with Gasteiger partial charge in [-0.05, 0) is 28.5 Å². The Morgan fingerprint density at radius 2 is 1.69 bits per heavy atom. The first-order chi connectivity index (χ1) is 12.8. The Labute approximate surface area is 149 Å². The monoisotopic (exact) mass is 341 g/mol. The molecule has 0 fully saturated rings. The molecule has 0 saturated heterocycles. The predicted octanol–water partition coefficient (Wildman–Crippen LogP) is 4.81. The summed E-state index contributed by atoms with van der Waals surface area (Å²) >= 11 is 0. The molecule has 0 bridgehead atoms. The molecular weight excluding hydrogens is 326 g/mol. The molecule has 0 N–H and O–H groups in total. The van der Waals surface area contributed by atoms with Gasteiger partial charge in [-0.2, -0.15) is 0 Å². The first kappa shape index (κ1) is 14.9. The summed E-state index contributed by atoms with van der Waals surface area (Å²) in [5.74, 6) is 0. The number of rotatable bonds is 2. The molecule has 1 unspecified atom stereocenters. The highest BCUT2D eigenvalue weighted by atomic mass is 16.6. The van der Waals surface area contributed by atoms with Gasteiger partial charge in [0.15, 0.2) is 6.10 Å². The molecule has 4 nitrogen and oxygen atoms in total. The minimum Gasteiger partial charge on any atom is -0.422 e. The van der Waals surface area contributed by atoms with Crippen LogP contribution in [0.4, 0.5) is 0 Å². The Hall–Kier alpha value is -3.40. The molecule has 1 aliphatic rings. The quantitative estimate of drug-likeness (QED) is 0.388. The highest BCUT2D eigenvalue weighted by molar-refractivity contribution is 6.09. The number of nitrogens with zero attached hydrogens (tertiary/aromatic N) is 1. The molecule has 4 heteroatoms. The Morgan fingerprint density at radius 3 is 2.58 bits per heavy atom. The van der Waals surface area contributed by atoms with Crippen LogP contribution in [0.3, 0.4) is 0 Å². The van der Waals surface area contributed by atoms with Crippen molar-refractivity contribution in [3.8, 4) is 0 Å². The summed E-state index contributed by atoms with van der Waals surface area (Å²) in [6.45, 7) is 0.